The lowest BCUT2D eigenvalue weighted by Crippen LogP contribution is -2.15. The van der Waals surface area contributed by atoms with E-state index in [0.717, 1.165) is 24.8 Å². The largest absolute Gasteiger partial charge is 0.396 e. The first kappa shape index (κ1) is 9.69. The zero-order valence-corrected chi connectivity index (χ0v) is 8.24. The van der Waals surface area contributed by atoms with Gasteiger partial charge >= 0.3 is 0 Å². The summed E-state index contributed by atoms with van der Waals surface area (Å²) in [6, 6.07) is 6.05. The molecule has 0 radical (unpaired) electrons. The van der Waals surface area contributed by atoms with Gasteiger partial charge in [-0.3, -0.25) is 0 Å². The summed E-state index contributed by atoms with van der Waals surface area (Å²) in [7, 11) is 0. The average Bonchev–Trinajstić information content (AvgIpc) is 2.27. The molecule has 0 spiro atoms. The number of fused-ring (bicyclic) bond motifs is 1. The third-order valence-electron chi connectivity index (χ3n) is 3.08. The van der Waals surface area contributed by atoms with Crippen molar-refractivity contribution < 1.29 is 10.2 Å². The first-order valence-corrected chi connectivity index (χ1v) is 5.19. The maximum absolute atomic E-state index is 9.28. The lowest BCUT2D eigenvalue weighted by atomic mass is 9.81. The molecule has 2 nitrogen and oxygen atoms in total. The van der Waals surface area contributed by atoms with Gasteiger partial charge in [-0.2, -0.15) is 0 Å². The first-order valence-electron chi connectivity index (χ1n) is 5.19. The van der Waals surface area contributed by atoms with Crippen molar-refractivity contribution >= 4 is 0 Å². The second-order valence-corrected chi connectivity index (χ2v) is 3.92. The van der Waals surface area contributed by atoms with Crippen LogP contribution in [0.2, 0.25) is 0 Å². The topological polar surface area (TPSA) is 40.5 Å². The van der Waals surface area contributed by atoms with Crippen molar-refractivity contribution in [2.24, 2.45) is 0 Å². The van der Waals surface area contributed by atoms with Crippen LogP contribution >= 0.6 is 0 Å². The number of aryl methyl sites for hydroxylation is 1. The Labute approximate surface area is 84.2 Å². The average molecular weight is 192 g/mol. The van der Waals surface area contributed by atoms with Gasteiger partial charge in [-0.1, -0.05) is 18.2 Å². The summed E-state index contributed by atoms with van der Waals surface area (Å²) in [6.45, 7) is 0.281. The van der Waals surface area contributed by atoms with Crippen molar-refractivity contribution in [1.29, 1.82) is 0 Å². The molecule has 0 fully saturated rings. The van der Waals surface area contributed by atoms with Crippen LogP contribution in [-0.4, -0.2) is 16.8 Å². The summed E-state index contributed by atoms with van der Waals surface area (Å²) in [5.41, 5.74) is 3.49. The molecule has 2 rings (SSSR count). The predicted molar refractivity (Wildman–Crippen MR) is 55.1 cm³/mol. The van der Waals surface area contributed by atoms with E-state index in [0.29, 0.717) is 0 Å². The van der Waals surface area contributed by atoms with Crippen LogP contribution in [0.1, 0.15) is 35.4 Å². The molecule has 1 aliphatic carbocycles. The van der Waals surface area contributed by atoms with Gasteiger partial charge in [-0.15, -0.1) is 0 Å². The van der Waals surface area contributed by atoms with Gasteiger partial charge in [0.2, 0.25) is 0 Å². The Morgan fingerprint density at radius 3 is 2.86 bits per heavy atom. The highest BCUT2D eigenvalue weighted by Gasteiger charge is 2.21. The summed E-state index contributed by atoms with van der Waals surface area (Å²) >= 11 is 0. The lowest BCUT2D eigenvalue weighted by molar-refractivity contribution is 0.245. The zero-order valence-electron chi connectivity index (χ0n) is 8.24. The van der Waals surface area contributed by atoms with Crippen molar-refractivity contribution in [3.8, 4) is 0 Å². The first-order chi connectivity index (χ1) is 6.86. The van der Waals surface area contributed by atoms with Crippen molar-refractivity contribution in [2.75, 3.05) is 6.61 Å². The minimum Gasteiger partial charge on any atom is -0.396 e. The van der Waals surface area contributed by atoms with Crippen LogP contribution in [0.4, 0.5) is 0 Å². The Bertz CT molecular complexity index is 306. The molecule has 1 aromatic rings. The van der Waals surface area contributed by atoms with Gasteiger partial charge in [0.1, 0.15) is 0 Å². The fourth-order valence-corrected chi connectivity index (χ4v) is 2.41. The molecule has 0 saturated heterocycles. The van der Waals surface area contributed by atoms with Gasteiger partial charge in [-0.05, 0) is 36.0 Å². The van der Waals surface area contributed by atoms with E-state index in [1.807, 2.05) is 12.1 Å². The van der Waals surface area contributed by atoms with E-state index in [4.69, 9.17) is 0 Å². The molecule has 0 aliphatic heterocycles. The molecule has 2 heteroatoms. The molecule has 1 aliphatic rings. The molecule has 0 bridgehead atoms. The van der Waals surface area contributed by atoms with Gasteiger partial charge < -0.3 is 10.2 Å². The number of aliphatic hydroxyl groups is 2. The summed E-state index contributed by atoms with van der Waals surface area (Å²) < 4.78 is 0. The van der Waals surface area contributed by atoms with Crippen LogP contribution in [0.5, 0.6) is 0 Å². The molecular formula is C12H16O2. The van der Waals surface area contributed by atoms with E-state index in [-0.39, 0.29) is 19.1 Å². The van der Waals surface area contributed by atoms with Crippen LogP contribution in [-0.2, 0) is 13.0 Å². The van der Waals surface area contributed by atoms with Gasteiger partial charge in [0.05, 0.1) is 6.61 Å². The molecule has 1 aromatic carbocycles. The van der Waals surface area contributed by atoms with E-state index < -0.39 is 0 Å². The van der Waals surface area contributed by atoms with Crippen molar-refractivity contribution in [3.63, 3.8) is 0 Å². The minimum absolute atomic E-state index is 0.0830. The molecule has 0 aromatic heterocycles. The molecule has 1 unspecified atom stereocenters. The maximum Gasteiger partial charge on any atom is 0.0684 e. The minimum atomic E-state index is 0.0830. The third-order valence-corrected chi connectivity index (χ3v) is 3.08. The monoisotopic (exact) mass is 192 g/mol. The molecule has 14 heavy (non-hydrogen) atoms. The highest BCUT2D eigenvalue weighted by molar-refractivity contribution is 5.39. The number of benzene rings is 1. The van der Waals surface area contributed by atoms with Gasteiger partial charge in [0.15, 0.2) is 0 Å². The van der Waals surface area contributed by atoms with E-state index in [1.165, 1.54) is 11.1 Å². The highest BCUT2D eigenvalue weighted by Crippen LogP contribution is 2.33. The summed E-state index contributed by atoms with van der Waals surface area (Å²) in [6.07, 6.45) is 3.27. The third kappa shape index (κ3) is 1.56. The van der Waals surface area contributed by atoms with Crippen LogP contribution < -0.4 is 0 Å². The second-order valence-electron chi connectivity index (χ2n) is 3.92. The Morgan fingerprint density at radius 1 is 1.29 bits per heavy atom. The predicted octanol–water partition coefficient (Wildman–Crippen LogP) is 1.59. The fraction of sp³-hybridized carbons (Fsp3) is 0.500. The summed E-state index contributed by atoms with van der Waals surface area (Å²) in [4.78, 5) is 0. The van der Waals surface area contributed by atoms with Gasteiger partial charge in [0, 0.05) is 12.5 Å². The molecule has 1 atom stereocenters. The molecule has 2 N–H and O–H groups in total. The highest BCUT2D eigenvalue weighted by atomic mass is 16.3. The quantitative estimate of drug-likeness (QED) is 0.747. The molecule has 0 saturated carbocycles. The summed E-state index contributed by atoms with van der Waals surface area (Å²) in [5.74, 6) is 0.238. The van der Waals surface area contributed by atoms with Gasteiger partial charge in [0.25, 0.3) is 0 Å². The number of hydrogen-bond donors (Lipinski definition) is 2. The fourth-order valence-electron chi connectivity index (χ4n) is 2.41. The van der Waals surface area contributed by atoms with E-state index in [1.54, 1.807) is 0 Å². The van der Waals surface area contributed by atoms with E-state index in [9.17, 15) is 10.2 Å². The van der Waals surface area contributed by atoms with Crippen molar-refractivity contribution in [1.82, 2.24) is 0 Å². The number of hydrogen-bond acceptors (Lipinski definition) is 2. The zero-order chi connectivity index (χ0) is 9.97. The Hall–Kier alpha value is -0.860. The Morgan fingerprint density at radius 2 is 2.14 bits per heavy atom. The van der Waals surface area contributed by atoms with Crippen molar-refractivity contribution in [2.45, 2.75) is 31.8 Å². The SMILES string of the molecule is OCc1cccc2c1C(CO)CCC2. The van der Waals surface area contributed by atoms with Crippen LogP contribution in [0.15, 0.2) is 18.2 Å². The maximum atomic E-state index is 9.28. The molecule has 76 valence electrons. The normalized spacial score (nSPS) is 20.6. The standard InChI is InChI=1S/C12H16O2/c13-7-10-5-1-3-9-4-2-6-11(8-14)12(9)10/h1,3,5,11,13-14H,2,4,6-8H2. The lowest BCUT2D eigenvalue weighted by Gasteiger charge is -2.26. The Kier molecular flexibility index (Phi) is 2.85. The van der Waals surface area contributed by atoms with E-state index >= 15 is 0 Å². The Balaban J connectivity index is 2.46. The van der Waals surface area contributed by atoms with Crippen LogP contribution in [0, 0.1) is 0 Å². The van der Waals surface area contributed by atoms with Crippen LogP contribution in [0.3, 0.4) is 0 Å². The number of aliphatic hydroxyl groups excluding tert-OH is 2. The molecular weight excluding hydrogens is 176 g/mol. The van der Waals surface area contributed by atoms with E-state index in [2.05, 4.69) is 6.07 Å². The van der Waals surface area contributed by atoms with Crippen LogP contribution in [0.25, 0.3) is 0 Å². The summed E-state index contributed by atoms with van der Waals surface area (Å²) in [5, 5.41) is 18.5. The smallest absolute Gasteiger partial charge is 0.0684 e. The number of rotatable bonds is 2. The molecule has 0 amide bonds. The second kappa shape index (κ2) is 4.11. The van der Waals surface area contributed by atoms with Crippen molar-refractivity contribution in [3.05, 3.63) is 34.9 Å². The van der Waals surface area contributed by atoms with Gasteiger partial charge in [-0.25, -0.2) is 0 Å². The molecule has 0 heterocycles.